The Balaban J connectivity index is 1.51. The molecule has 8 heteroatoms. The number of carbonyl (C=O) groups is 1. The number of nitrogens with two attached hydrogens (primary N) is 1. The van der Waals surface area contributed by atoms with E-state index in [1.54, 1.807) is 12.3 Å². The number of hydrogen-bond donors (Lipinski definition) is 1. The molecule has 4 heterocycles. The van der Waals surface area contributed by atoms with E-state index in [2.05, 4.69) is 23.0 Å². The Labute approximate surface area is 204 Å². The molecule has 3 aromatic rings. The second-order valence-electron chi connectivity index (χ2n) is 9.35. The van der Waals surface area contributed by atoms with Crippen molar-refractivity contribution in [2.24, 2.45) is 5.92 Å². The third-order valence-corrected chi connectivity index (χ3v) is 7.28. The zero-order valence-electron chi connectivity index (χ0n) is 20.0. The molecule has 0 radical (unpaired) electrons. The number of amides is 1. The van der Waals surface area contributed by atoms with Crippen molar-refractivity contribution >= 4 is 22.6 Å². The highest BCUT2D eigenvalue weighted by Gasteiger charge is 2.31. The molecule has 2 aliphatic heterocycles. The number of anilines is 1. The average Bonchev–Trinajstić information content (AvgIpc) is 3.29. The van der Waals surface area contributed by atoms with Crippen LogP contribution in [0.1, 0.15) is 65.5 Å². The first-order valence-electron chi connectivity index (χ1n) is 12.0. The van der Waals surface area contributed by atoms with Crippen LogP contribution in [-0.4, -0.2) is 40.0 Å². The van der Waals surface area contributed by atoms with E-state index >= 15 is 0 Å². The van der Waals surface area contributed by atoms with Crippen molar-refractivity contribution in [3.05, 3.63) is 64.5 Å². The molecule has 2 aromatic heterocycles. The Hall–Kier alpha value is -3.54. The Bertz CT molecular complexity index is 1290. The fourth-order valence-corrected chi connectivity index (χ4v) is 5.18. The van der Waals surface area contributed by atoms with Gasteiger partial charge in [0.15, 0.2) is 0 Å². The number of fused-ring (bicyclic) bond motifs is 3. The lowest BCUT2D eigenvalue weighted by Gasteiger charge is -2.36. The van der Waals surface area contributed by atoms with E-state index in [4.69, 9.17) is 20.5 Å². The third kappa shape index (κ3) is 4.45. The van der Waals surface area contributed by atoms with Gasteiger partial charge in [0, 0.05) is 42.0 Å². The van der Waals surface area contributed by atoms with Crippen LogP contribution in [0.25, 0.3) is 10.9 Å². The monoisotopic (exact) mass is 471 g/mol. The van der Waals surface area contributed by atoms with Gasteiger partial charge in [0.2, 0.25) is 0 Å². The highest BCUT2D eigenvalue weighted by atomic mass is 16.5. The number of aromatic nitrogens is 2. The molecule has 0 aliphatic carbocycles. The van der Waals surface area contributed by atoms with Gasteiger partial charge in [0.1, 0.15) is 11.9 Å². The molecule has 1 unspecified atom stereocenters. The molecule has 2 atom stereocenters. The summed E-state index contributed by atoms with van der Waals surface area (Å²) in [5, 5.41) is 10.0. The summed E-state index contributed by atoms with van der Waals surface area (Å²) in [4.78, 5) is 24.9. The molecular weight excluding hydrogens is 442 g/mol. The fraction of sp³-hybridized carbons (Fsp3) is 0.407. The Morgan fingerprint density at radius 3 is 2.80 bits per heavy atom. The minimum Gasteiger partial charge on any atom is -0.383 e. The van der Waals surface area contributed by atoms with Crippen LogP contribution >= 0.6 is 0 Å². The quantitative estimate of drug-likeness (QED) is 0.595. The van der Waals surface area contributed by atoms with Gasteiger partial charge in [0.25, 0.3) is 5.91 Å². The first-order valence-corrected chi connectivity index (χ1v) is 12.0. The summed E-state index contributed by atoms with van der Waals surface area (Å²) in [7, 11) is 0. The van der Waals surface area contributed by atoms with E-state index in [0.29, 0.717) is 49.2 Å². The maximum Gasteiger partial charge on any atom is 0.254 e. The van der Waals surface area contributed by atoms with Gasteiger partial charge in [-0.15, -0.1) is 0 Å². The Morgan fingerprint density at radius 2 is 2.09 bits per heavy atom. The van der Waals surface area contributed by atoms with Gasteiger partial charge in [-0.2, -0.15) is 5.26 Å². The molecule has 5 rings (SSSR count). The first-order chi connectivity index (χ1) is 17.0. The maximum atomic E-state index is 14.0. The van der Waals surface area contributed by atoms with Crippen molar-refractivity contribution in [1.29, 1.82) is 5.26 Å². The molecular formula is C27H29N5O3. The lowest BCUT2D eigenvalue weighted by Crippen LogP contribution is -2.44. The van der Waals surface area contributed by atoms with Crippen molar-refractivity contribution in [3.8, 4) is 6.07 Å². The summed E-state index contributed by atoms with van der Waals surface area (Å²) in [6.07, 6.45) is 3.26. The topological polar surface area (TPSA) is 114 Å². The van der Waals surface area contributed by atoms with Gasteiger partial charge < -0.3 is 20.1 Å². The van der Waals surface area contributed by atoms with Crippen LogP contribution in [0.3, 0.4) is 0 Å². The van der Waals surface area contributed by atoms with Gasteiger partial charge in [-0.1, -0.05) is 0 Å². The van der Waals surface area contributed by atoms with Crippen molar-refractivity contribution in [1.82, 2.24) is 14.9 Å². The molecule has 1 amide bonds. The Kier molecular flexibility index (Phi) is 6.37. The first kappa shape index (κ1) is 23.2. The molecule has 1 saturated heterocycles. The molecule has 35 heavy (non-hydrogen) atoms. The van der Waals surface area contributed by atoms with E-state index in [1.165, 1.54) is 0 Å². The summed E-state index contributed by atoms with van der Waals surface area (Å²) in [6.45, 7) is 6.30. The van der Waals surface area contributed by atoms with E-state index in [9.17, 15) is 4.79 Å². The molecule has 0 saturated carbocycles. The third-order valence-electron chi connectivity index (χ3n) is 7.28. The van der Waals surface area contributed by atoms with E-state index in [0.717, 1.165) is 40.6 Å². The molecule has 1 fully saturated rings. The predicted octanol–water partition coefficient (Wildman–Crippen LogP) is 4.13. The number of benzene rings is 1. The number of rotatable bonds is 5. The van der Waals surface area contributed by atoms with Crippen molar-refractivity contribution in [3.63, 3.8) is 0 Å². The van der Waals surface area contributed by atoms with E-state index < -0.39 is 0 Å². The minimum absolute atomic E-state index is 0.00171. The van der Waals surface area contributed by atoms with Gasteiger partial charge in [-0.05, 0) is 68.5 Å². The van der Waals surface area contributed by atoms with Gasteiger partial charge in [-0.25, -0.2) is 4.98 Å². The van der Waals surface area contributed by atoms with Crippen molar-refractivity contribution in [2.75, 3.05) is 18.9 Å². The minimum atomic E-state index is -0.117. The summed E-state index contributed by atoms with van der Waals surface area (Å²) in [5.41, 5.74) is 10.7. The van der Waals surface area contributed by atoms with Gasteiger partial charge in [-0.3, -0.25) is 9.78 Å². The van der Waals surface area contributed by atoms with Crippen LogP contribution in [0.2, 0.25) is 0 Å². The maximum absolute atomic E-state index is 14.0. The van der Waals surface area contributed by atoms with Gasteiger partial charge in [0.05, 0.1) is 36.0 Å². The van der Waals surface area contributed by atoms with Crippen LogP contribution < -0.4 is 5.73 Å². The molecule has 8 nitrogen and oxygen atoms in total. The highest BCUT2D eigenvalue weighted by molar-refractivity contribution is 5.99. The average molecular weight is 472 g/mol. The number of nitrogens with zero attached hydrogens (tertiary/aromatic N) is 4. The van der Waals surface area contributed by atoms with Crippen LogP contribution in [-0.2, 0) is 22.6 Å². The number of pyridine rings is 2. The van der Waals surface area contributed by atoms with Crippen LogP contribution in [0.4, 0.5) is 5.82 Å². The molecule has 2 N–H and O–H groups in total. The number of hydrogen-bond acceptors (Lipinski definition) is 7. The summed E-state index contributed by atoms with van der Waals surface area (Å²) < 4.78 is 11.4. The number of carbonyl (C=O) groups excluding carboxylic acids is 1. The largest absolute Gasteiger partial charge is 0.383 e. The summed E-state index contributed by atoms with van der Waals surface area (Å²) in [5.74, 6) is 0.763. The van der Waals surface area contributed by atoms with Crippen LogP contribution in [0.15, 0.2) is 36.5 Å². The summed E-state index contributed by atoms with van der Waals surface area (Å²) >= 11 is 0. The van der Waals surface area contributed by atoms with E-state index in [1.807, 2.05) is 36.1 Å². The fourth-order valence-electron chi connectivity index (χ4n) is 5.18. The lowest BCUT2D eigenvalue weighted by molar-refractivity contribution is 0.0248. The molecule has 1 aromatic carbocycles. The highest BCUT2D eigenvalue weighted by Crippen LogP contribution is 2.38. The number of ether oxygens (including phenoxy) is 2. The smallest absolute Gasteiger partial charge is 0.254 e. The molecule has 0 bridgehead atoms. The number of nitrogen functional groups attached to an aromatic ring is 1. The molecule has 180 valence electrons. The SMILES string of the molecule is CC(C1CCOCC1)N(Cc1ccc(C#N)cn1)C(=O)c1ccc2nc(N)c3c(c2c1)CO[C@@H]3C. The van der Waals surface area contributed by atoms with Crippen molar-refractivity contribution in [2.45, 2.75) is 52.0 Å². The molecule has 2 aliphatic rings. The van der Waals surface area contributed by atoms with Gasteiger partial charge >= 0.3 is 0 Å². The zero-order valence-corrected chi connectivity index (χ0v) is 20.0. The number of nitriles is 1. The van der Waals surface area contributed by atoms with Crippen molar-refractivity contribution < 1.29 is 14.3 Å². The standard InChI is InChI=1S/C27H29N5O3/c1-16(19-7-9-34-10-8-19)32(14-21-5-3-18(12-28)13-30-21)27(33)20-4-6-24-22(11-20)23-15-35-17(2)25(23)26(29)31-24/h3-6,11,13,16-17,19H,7-10,14-15H2,1-2H3,(H2,29,31)/t16?,17-/m1/s1. The summed E-state index contributed by atoms with van der Waals surface area (Å²) in [6, 6.07) is 11.2. The lowest BCUT2D eigenvalue weighted by atomic mass is 9.91. The second kappa shape index (κ2) is 9.61. The predicted molar refractivity (Wildman–Crippen MR) is 131 cm³/mol. The zero-order chi connectivity index (χ0) is 24.5. The Morgan fingerprint density at radius 1 is 1.29 bits per heavy atom. The second-order valence-corrected chi connectivity index (χ2v) is 9.35. The normalized spacial score (nSPS) is 18.7. The van der Waals surface area contributed by atoms with Crippen LogP contribution in [0, 0.1) is 17.2 Å². The van der Waals surface area contributed by atoms with E-state index in [-0.39, 0.29) is 18.1 Å². The van der Waals surface area contributed by atoms with Crippen LogP contribution in [0.5, 0.6) is 0 Å². The molecule has 0 spiro atoms.